The number of nitrogens with one attached hydrogen (secondary N) is 3. The second-order valence-electron chi connectivity index (χ2n) is 9.39. The van der Waals surface area contributed by atoms with Crippen molar-refractivity contribution in [3.05, 3.63) is 59.9 Å². The fourth-order valence-electron chi connectivity index (χ4n) is 3.31. The van der Waals surface area contributed by atoms with Gasteiger partial charge in [0.15, 0.2) is 0 Å². The molecule has 1 aromatic heterocycles. The fraction of sp³-hybridized carbons (Fsp3) is 0.444. The maximum Gasteiger partial charge on any atom is 0.408 e. The Morgan fingerprint density at radius 1 is 1.00 bits per heavy atom. The molecule has 0 aliphatic carbocycles. The van der Waals surface area contributed by atoms with E-state index in [0.29, 0.717) is 24.2 Å². The van der Waals surface area contributed by atoms with Crippen LogP contribution in [0.4, 0.5) is 15.3 Å². The highest BCUT2D eigenvalue weighted by atomic mass is 16.6. The van der Waals surface area contributed by atoms with Gasteiger partial charge < -0.3 is 30.2 Å². The quantitative estimate of drug-likeness (QED) is 0.215. The molecule has 0 bridgehead atoms. The Morgan fingerprint density at radius 2 is 1.74 bits per heavy atom. The number of anilines is 1. The van der Waals surface area contributed by atoms with Crippen LogP contribution in [-0.4, -0.2) is 54.3 Å². The van der Waals surface area contributed by atoms with Gasteiger partial charge in [-0.15, -0.1) is 0 Å². The van der Waals surface area contributed by atoms with E-state index in [1.807, 2.05) is 0 Å². The molecule has 0 aliphatic rings. The van der Waals surface area contributed by atoms with Gasteiger partial charge in [-0.25, -0.2) is 9.59 Å². The molecule has 11 heteroatoms. The number of aryl methyl sites for hydroxylation is 1. The molecule has 2 rings (SSSR count). The van der Waals surface area contributed by atoms with E-state index in [1.54, 1.807) is 69.4 Å². The lowest BCUT2D eigenvalue weighted by Crippen LogP contribution is -2.46. The molecular formula is C27H36N4O7. The maximum absolute atomic E-state index is 13.2. The molecule has 38 heavy (non-hydrogen) atoms. The van der Waals surface area contributed by atoms with Crippen molar-refractivity contribution in [1.82, 2.24) is 15.6 Å². The molecular weight excluding hydrogens is 492 g/mol. The molecule has 3 amide bonds. The van der Waals surface area contributed by atoms with Crippen LogP contribution >= 0.6 is 0 Å². The number of alkyl carbamates (subject to hydrolysis) is 2. The highest BCUT2D eigenvalue weighted by molar-refractivity contribution is 5.97. The van der Waals surface area contributed by atoms with Crippen LogP contribution in [0.2, 0.25) is 0 Å². The van der Waals surface area contributed by atoms with Crippen molar-refractivity contribution in [3.8, 4) is 0 Å². The van der Waals surface area contributed by atoms with Crippen molar-refractivity contribution in [3.63, 3.8) is 0 Å². The smallest absolute Gasteiger partial charge is 0.408 e. The van der Waals surface area contributed by atoms with Gasteiger partial charge in [0.2, 0.25) is 5.91 Å². The molecule has 1 heterocycles. The van der Waals surface area contributed by atoms with E-state index in [-0.39, 0.29) is 32.0 Å². The summed E-state index contributed by atoms with van der Waals surface area (Å²) >= 11 is 0. The van der Waals surface area contributed by atoms with E-state index in [2.05, 4.69) is 20.9 Å². The van der Waals surface area contributed by atoms with Gasteiger partial charge in [-0.1, -0.05) is 24.3 Å². The molecule has 0 radical (unpaired) electrons. The van der Waals surface area contributed by atoms with Gasteiger partial charge in [0.1, 0.15) is 18.2 Å². The first-order valence-electron chi connectivity index (χ1n) is 12.3. The monoisotopic (exact) mass is 528 g/mol. The molecule has 1 atom stereocenters. The van der Waals surface area contributed by atoms with Crippen molar-refractivity contribution >= 4 is 29.8 Å². The number of hydrogen-bond acceptors (Lipinski definition) is 8. The predicted octanol–water partition coefficient (Wildman–Crippen LogP) is 3.73. The van der Waals surface area contributed by atoms with Crippen LogP contribution in [0.1, 0.15) is 51.3 Å². The number of pyridine rings is 1. The number of rotatable bonds is 12. The van der Waals surface area contributed by atoms with Crippen LogP contribution in [0.3, 0.4) is 0 Å². The Bertz CT molecular complexity index is 1070. The van der Waals surface area contributed by atoms with Crippen molar-refractivity contribution in [2.75, 3.05) is 19.0 Å². The van der Waals surface area contributed by atoms with Crippen molar-refractivity contribution in [1.29, 1.82) is 0 Å². The standard InChI is InChI=1S/C27H36N4O7/c1-27(2,3)38-26(35)31-22(13-9-17-29-25(34)37-18-20-11-7-8-16-28-20)24(33)30-21-12-6-5-10-19(21)14-15-23(32)36-4/h5-8,10-12,16,22H,9,13-15,17-18H2,1-4H3,(H,29,34)(H,30,33)(H,31,35)/t22-/m0/s1. The molecule has 206 valence electrons. The lowest BCUT2D eigenvalue weighted by Gasteiger charge is -2.23. The number of ether oxygens (including phenoxy) is 3. The molecule has 1 aromatic carbocycles. The zero-order valence-electron chi connectivity index (χ0n) is 22.2. The third-order valence-corrected chi connectivity index (χ3v) is 5.13. The largest absolute Gasteiger partial charge is 0.469 e. The Kier molecular flexibility index (Phi) is 12.0. The van der Waals surface area contributed by atoms with E-state index in [4.69, 9.17) is 14.2 Å². The number of nitrogens with zero attached hydrogens (tertiary/aromatic N) is 1. The van der Waals surface area contributed by atoms with Crippen molar-refractivity contribution in [2.45, 2.75) is 64.7 Å². The Hall–Kier alpha value is -4.15. The van der Waals surface area contributed by atoms with Gasteiger partial charge in [-0.05, 0) is 63.8 Å². The van der Waals surface area contributed by atoms with Crippen LogP contribution in [0, 0.1) is 0 Å². The average Bonchev–Trinajstić information content (AvgIpc) is 2.88. The minimum Gasteiger partial charge on any atom is -0.469 e. The van der Waals surface area contributed by atoms with E-state index in [0.717, 1.165) is 5.56 Å². The molecule has 0 fully saturated rings. The summed E-state index contributed by atoms with van der Waals surface area (Å²) in [5.74, 6) is -0.819. The maximum atomic E-state index is 13.2. The van der Waals surface area contributed by atoms with E-state index < -0.39 is 29.7 Å². The van der Waals surface area contributed by atoms with E-state index in [9.17, 15) is 19.2 Å². The van der Waals surface area contributed by atoms with Crippen LogP contribution in [0.15, 0.2) is 48.7 Å². The van der Waals surface area contributed by atoms with Gasteiger partial charge in [0.05, 0.1) is 12.8 Å². The molecule has 0 aliphatic heterocycles. The second kappa shape index (κ2) is 15.2. The number of methoxy groups -OCH3 is 1. The number of aromatic nitrogens is 1. The van der Waals surface area contributed by atoms with Crippen molar-refractivity contribution in [2.24, 2.45) is 0 Å². The first-order valence-corrected chi connectivity index (χ1v) is 12.3. The van der Waals surface area contributed by atoms with Gasteiger partial charge in [0, 0.05) is 24.8 Å². The molecule has 3 N–H and O–H groups in total. The third kappa shape index (κ3) is 11.7. The van der Waals surface area contributed by atoms with Gasteiger partial charge >= 0.3 is 18.2 Å². The zero-order chi connectivity index (χ0) is 28.0. The third-order valence-electron chi connectivity index (χ3n) is 5.13. The average molecular weight is 529 g/mol. The van der Waals surface area contributed by atoms with E-state index in [1.165, 1.54) is 7.11 Å². The number of carbonyl (C=O) groups excluding carboxylic acids is 4. The second-order valence-corrected chi connectivity index (χ2v) is 9.39. The number of esters is 1. The lowest BCUT2D eigenvalue weighted by molar-refractivity contribution is -0.140. The Morgan fingerprint density at radius 3 is 2.42 bits per heavy atom. The number of carbonyl (C=O) groups is 4. The highest BCUT2D eigenvalue weighted by Gasteiger charge is 2.25. The van der Waals surface area contributed by atoms with Crippen LogP contribution in [0.25, 0.3) is 0 Å². The topological polar surface area (TPSA) is 145 Å². The summed E-state index contributed by atoms with van der Waals surface area (Å²) in [5, 5.41) is 8.06. The Balaban J connectivity index is 1.96. The van der Waals surface area contributed by atoms with Gasteiger partial charge in [-0.2, -0.15) is 0 Å². The SMILES string of the molecule is COC(=O)CCc1ccccc1NC(=O)[C@H](CCCNC(=O)OCc1ccccn1)NC(=O)OC(C)(C)C. The lowest BCUT2D eigenvalue weighted by atomic mass is 10.1. The van der Waals surface area contributed by atoms with Crippen LogP contribution < -0.4 is 16.0 Å². The molecule has 0 saturated heterocycles. The Labute approximate surface area is 222 Å². The van der Waals surface area contributed by atoms with Crippen LogP contribution in [-0.2, 0) is 36.8 Å². The summed E-state index contributed by atoms with van der Waals surface area (Å²) < 4.78 is 15.1. The van der Waals surface area contributed by atoms with Gasteiger partial charge in [-0.3, -0.25) is 14.6 Å². The first kappa shape index (κ1) is 30.1. The summed E-state index contributed by atoms with van der Waals surface area (Å²) in [6.07, 6.45) is 1.38. The van der Waals surface area contributed by atoms with Crippen LogP contribution in [0.5, 0.6) is 0 Å². The molecule has 0 saturated carbocycles. The number of benzene rings is 1. The minimum absolute atomic E-state index is 0.0350. The van der Waals surface area contributed by atoms with E-state index >= 15 is 0 Å². The molecule has 11 nitrogen and oxygen atoms in total. The molecule has 0 spiro atoms. The molecule has 2 aromatic rings. The number of para-hydroxylation sites is 1. The predicted molar refractivity (Wildman–Crippen MR) is 140 cm³/mol. The summed E-state index contributed by atoms with van der Waals surface area (Å²) in [6.45, 7) is 5.42. The van der Waals surface area contributed by atoms with Crippen molar-refractivity contribution < 1.29 is 33.4 Å². The summed E-state index contributed by atoms with van der Waals surface area (Å²) in [5.41, 5.74) is 1.14. The summed E-state index contributed by atoms with van der Waals surface area (Å²) in [4.78, 5) is 53.2. The highest BCUT2D eigenvalue weighted by Crippen LogP contribution is 2.18. The molecule has 0 unspecified atom stereocenters. The summed E-state index contributed by atoms with van der Waals surface area (Å²) in [6, 6.07) is 11.4. The zero-order valence-corrected chi connectivity index (χ0v) is 22.2. The minimum atomic E-state index is -0.940. The number of amides is 3. The van der Waals surface area contributed by atoms with Gasteiger partial charge in [0.25, 0.3) is 0 Å². The normalized spacial score (nSPS) is 11.6. The summed E-state index contributed by atoms with van der Waals surface area (Å²) in [7, 11) is 1.32. The first-order chi connectivity index (χ1) is 18.1. The number of hydrogen-bond donors (Lipinski definition) is 3. The fourth-order valence-corrected chi connectivity index (χ4v) is 3.31.